The van der Waals surface area contributed by atoms with Crippen molar-refractivity contribution in [2.75, 3.05) is 49.5 Å². The van der Waals surface area contributed by atoms with Gasteiger partial charge in [0.25, 0.3) is 11.8 Å². The SMILES string of the molecule is CCn1cc(C(=O)O)c(=O)c2cc(F)c(N3CCN(C(=O)OCc4ccc(NC(=O)[C@H](CCCNC(N)=O)n5cc([C@@H](NC(=O)CCCCCN6C(=O)C=CC6=O)C(C)C)nn5)cc4)CC3)cc21. The number of nitrogens with two attached hydrogens (primary N) is 1. The number of carboxylic acid groups (broad SMARTS) is 1. The van der Waals surface area contributed by atoms with Crippen molar-refractivity contribution < 1.29 is 47.8 Å². The Labute approximate surface area is 390 Å². The quantitative estimate of drug-likeness (QED) is 0.0588. The number of imide groups is 1. The van der Waals surface area contributed by atoms with Gasteiger partial charge in [0.2, 0.25) is 17.2 Å². The zero-order valence-corrected chi connectivity index (χ0v) is 38.1. The normalized spacial score (nSPS) is 14.6. The first-order valence-corrected chi connectivity index (χ1v) is 22.5. The highest BCUT2D eigenvalue weighted by atomic mass is 19.1. The molecular weight excluding hydrogens is 886 g/mol. The van der Waals surface area contributed by atoms with E-state index in [1.165, 1.54) is 38.9 Å². The van der Waals surface area contributed by atoms with Crippen LogP contribution in [0.25, 0.3) is 10.9 Å². The third-order valence-electron chi connectivity index (χ3n) is 11.8. The van der Waals surface area contributed by atoms with E-state index in [0.717, 1.165) is 6.07 Å². The van der Waals surface area contributed by atoms with E-state index in [-0.39, 0.29) is 93.4 Å². The monoisotopic (exact) mass is 941 g/mol. The van der Waals surface area contributed by atoms with Gasteiger partial charge in [0, 0.05) is 81.7 Å². The van der Waals surface area contributed by atoms with Crippen molar-refractivity contribution in [3.05, 3.63) is 93.8 Å². The number of nitrogens with one attached hydrogen (secondary N) is 3. The van der Waals surface area contributed by atoms with Crippen LogP contribution in [-0.2, 0) is 37.1 Å². The molecule has 2 aromatic carbocycles. The molecule has 2 aliphatic rings. The van der Waals surface area contributed by atoms with Gasteiger partial charge >= 0.3 is 18.1 Å². The van der Waals surface area contributed by atoms with Crippen molar-refractivity contribution in [2.45, 2.75) is 84.5 Å². The van der Waals surface area contributed by atoms with Crippen LogP contribution in [0.4, 0.5) is 25.4 Å². The van der Waals surface area contributed by atoms with Gasteiger partial charge in [-0.25, -0.2) is 23.5 Å². The average molecular weight is 942 g/mol. The van der Waals surface area contributed by atoms with Gasteiger partial charge in [0.1, 0.15) is 29.7 Å². The number of unbranched alkanes of at least 4 members (excludes halogenated alkanes) is 2. The summed E-state index contributed by atoms with van der Waals surface area (Å²) < 4.78 is 24.0. The number of carbonyl (C=O) groups excluding carboxylic acids is 6. The molecule has 0 spiro atoms. The first-order valence-electron chi connectivity index (χ1n) is 22.5. The summed E-state index contributed by atoms with van der Waals surface area (Å²) in [6.07, 6.45) is 7.37. The number of nitrogens with zero attached hydrogens (tertiary/aromatic N) is 7. The molecule has 0 radical (unpaired) electrons. The second kappa shape index (κ2) is 22.7. The Balaban J connectivity index is 1.01. The highest BCUT2D eigenvalue weighted by Crippen LogP contribution is 2.28. The maximum Gasteiger partial charge on any atom is 0.410 e. The van der Waals surface area contributed by atoms with Crippen LogP contribution in [0.2, 0.25) is 0 Å². The average Bonchev–Trinajstić information content (AvgIpc) is 3.92. The minimum atomic E-state index is -1.39. The molecule has 362 valence electrons. The van der Waals surface area contributed by atoms with E-state index < -0.39 is 52.9 Å². The van der Waals surface area contributed by atoms with Crippen LogP contribution >= 0.6 is 0 Å². The van der Waals surface area contributed by atoms with Gasteiger partial charge in [-0.2, -0.15) is 0 Å². The van der Waals surface area contributed by atoms with E-state index in [2.05, 4.69) is 26.3 Å². The fourth-order valence-electron chi connectivity index (χ4n) is 8.02. The molecule has 4 heterocycles. The number of fused-ring (bicyclic) bond motifs is 1. The number of primary amides is 1. The number of pyridine rings is 1. The smallest absolute Gasteiger partial charge is 0.410 e. The molecule has 1 fully saturated rings. The summed E-state index contributed by atoms with van der Waals surface area (Å²) >= 11 is 0. The van der Waals surface area contributed by atoms with Crippen LogP contribution in [0.1, 0.15) is 93.0 Å². The van der Waals surface area contributed by atoms with E-state index in [4.69, 9.17) is 10.5 Å². The number of rotatable bonds is 21. The maximum absolute atomic E-state index is 15.4. The molecule has 1 saturated heterocycles. The number of carboxylic acids is 1. The zero-order chi connectivity index (χ0) is 49.1. The molecule has 2 atom stereocenters. The van der Waals surface area contributed by atoms with Crippen molar-refractivity contribution in [2.24, 2.45) is 11.7 Å². The maximum atomic E-state index is 15.4. The molecule has 6 rings (SSSR count). The number of aryl methyl sites for hydroxylation is 1. The first kappa shape index (κ1) is 49.8. The number of hydrogen-bond donors (Lipinski definition) is 5. The third kappa shape index (κ3) is 12.4. The molecule has 68 heavy (non-hydrogen) atoms. The number of piperazine rings is 1. The molecule has 2 aromatic heterocycles. The molecule has 21 nitrogen and oxygen atoms in total. The van der Waals surface area contributed by atoms with Crippen LogP contribution in [0.5, 0.6) is 0 Å². The molecule has 22 heteroatoms. The largest absolute Gasteiger partial charge is 0.477 e. The first-order chi connectivity index (χ1) is 32.5. The molecule has 2 aliphatic heterocycles. The fraction of sp³-hybridized carbons (Fsp3) is 0.435. The van der Waals surface area contributed by atoms with Gasteiger partial charge in [0.05, 0.1) is 23.4 Å². The predicted octanol–water partition coefficient (Wildman–Crippen LogP) is 3.84. The standard InChI is InChI=1S/C46H56FN11O10/c1-4-54-25-32(44(64)65)42(62)31-23-33(47)37(24-36(31)54)55-19-21-56(22-20-55)46(67)68-27-29-11-13-30(14-12-29)50-43(63)35(9-8-17-49-45(48)66)58-26-34(52-53-58)41(28(2)3)51-38(59)10-6-5-7-18-57-39(60)15-16-40(57)61/h11-16,23-26,28,35,41H,4-10,17-22,27H2,1-3H3,(H,50,63)(H,51,59)(H,64,65)(H3,48,49,66)/t35-,41-/m0/s1. The topological polar surface area (TPSA) is 273 Å². The molecule has 0 saturated carbocycles. The highest BCUT2D eigenvalue weighted by Gasteiger charge is 2.29. The number of aromatic nitrogens is 4. The van der Waals surface area contributed by atoms with E-state index in [1.54, 1.807) is 46.9 Å². The van der Waals surface area contributed by atoms with Crippen molar-refractivity contribution >= 4 is 64.0 Å². The summed E-state index contributed by atoms with van der Waals surface area (Å²) in [6, 6.07) is 7.21. The highest BCUT2D eigenvalue weighted by molar-refractivity contribution is 6.12. The minimum Gasteiger partial charge on any atom is -0.477 e. The Morgan fingerprint density at radius 1 is 0.926 bits per heavy atom. The number of ether oxygens (including phenoxy) is 1. The Morgan fingerprint density at radius 2 is 1.63 bits per heavy atom. The van der Waals surface area contributed by atoms with Crippen molar-refractivity contribution in [3.63, 3.8) is 0 Å². The van der Waals surface area contributed by atoms with Crippen molar-refractivity contribution in [1.82, 2.24) is 40.0 Å². The van der Waals surface area contributed by atoms with Crippen LogP contribution < -0.4 is 32.0 Å². The van der Waals surface area contributed by atoms with Gasteiger partial charge in [-0.3, -0.25) is 28.9 Å². The summed E-state index contributed by atoms with van der Waals surface area (Å²) in [4.78, 5) is 104. The Kier molecular flexibility index (Phi) is 16.6. The molecular formula is C46H56FN11O10. The summed E-state index contributed by atoms with van der Waals surface area (Å²) in [5.74, 6) is -3.46. The van der Waals surface area contributed by atoms with Gasteiger partial charge in [0.15, 0.2) is 0 Å². The Morgan fingerprint density at radius 3 is 2.28 bits per heavy atom. The molecule has 4 aromatic rings. The molecule has 0 unspecified atom stereocenters. The Bertz CT molecular complexity index is 2600. The lowest BCUT2D eigenvalue weighted by Gasteiger charge is -2.35. The summed E-state index contributed by atoms with van der Waals surface area (Å²) in [6.45, 7) is 7.43. The number of aromatic carboxylic acids is 1. The second-order valence-electron chi connectivity index (χ2n) is 16.8. The minimum absolute atomic E-state index is 0.0305. The van der Waals surface area contributed by atoms with Crippen LogP contribution in [0, 0.1) is 11.7 Å². The number of halogens is 1. The lowest BCUT2D eigenvalue weighted by atomic mass is 10.0. The van der Waals surface area contributed by atoms with E-state index >= 15 is 4.39 Å². The molecule has 7 amide bonds. The predicted molar refractivity (Wildman–Crippen MR) is 246 cm³/mol. The van der Waals surface area contributed by atoms with Gasteiger partial charge in [-0.15, -0.1) is 5.10 Å². The van der Waals surface area contributed by atoms with Gasteiger partial charge < -0.3 is 45.9 Å². The van der Waals surface area contributed by atoms with Gasteiger partial charge in [-0.05, 0) is 68.4 Å². The molecule has 0 aliphatic carbocycles. The summed E-state index contributed by atoms with van der Waals surface area (Å²) in [5, 5.41) is 26.4. The number of benzene rings is 2. The molecule has 0 bridgehead atoms. The van der Waals surface area contributed by atoms with E-state index in [0.29, 0.717) is 54.7 Å². The Hall–Kier alpha value is -7.65. The van der Waals surface area contributed by atoms with Crippen LogP contribution in [0.15, 0.2) is 65.7 Å². The number of amides is 7. The number of urea groups is 1. The molecule has 6 N–H and O–H groups in total. The summed E-state index contributed by atoms with van der Waals surface area (Å²) in [7, 11) is 0. The van der Waals surface area contributed by atoms with Crippen LogP contribution in [-0.4, -0.2) is 115 Å². The van der Waals surface area contributed by atoms with E-state index in [9.17, 15) is 43.5 Å². The van der Waals surface area contributed by atoms with Crippen molar-refractivity contribution in [1.29, 1.82) is 0 Å². The van der Waals surface area contributed by atoms with Crippen LogP contribution in [0.3, 0.4) is 0 Å². The lowest BCUT2D eigenvalue weighted by Crippen LogP contribution is -2.49. The number of hydrogen-bond acceptors (Lipinski definition) is 12. The number of anilines is 2. The zero-order valence-electron chi connectivity index (χ0n) is 38.1. The second-order valence-corrected chi connectivity index (χ2v) is 16.8. The van der Waals surface area contributed by atoms with Gasteiger partial charge in [-0.1, -0.05) is 37.6 Å². The summed E-state index contributed by atoms with van der Waals surface area (Å²) in [5.41, 5.74) is 6.20. The third-order valence-corrected chi connectivity index (χ3v) is 11.8. The lowest BCUT2D eigenvalue weighted by molar-refractivity contribution is -0.137. The fourth-order valence-corrected chi connectivity index (χ4v) is 8.02. The van der Waals surface area contributed by atoms with E-state index in [1.807, 2.05) is 13.8 Å². The van der Waals surface area contributed by atoms with Crippen molar-refractivity contribution in [3.8, 4) is 0 Å². The number of carbonyl (C=O) groups is 7.